The van der Waals surface area contributed by atoms with Crippen molar-refractivity contribution >= 4 is 0 Å². The van der Waals surface area contributed by atoms with Crippen molar-refractivity contribution < 1.29 is 9.52 Å². The molecule has 2 aromatic rings. The number of benzene rings is 1. The van der Waals surface area contributed by atoms with Crippen molar-refractivity contribution in [2.75, 3.05) is 7.05 Å². The molecule has 4 heteroatoms. The summed E-state index contributed by atoms with van der Waals surface area (Å²) in [6.07, 6.45) is 3.06. The van der Waals surface area contributed by atoms with E-state index >= 15 is 0 Å². The number of nitrogens with zero attached hydrogens (tertiary/aromatic N) is 1. The summed E-state index contributed by atoms with van der Waals surface area (Å²) < 4.78 is 5.26. The van der Waals surface area contributed by atoms with Crippen molar-refractivity contribution in [1.29, 1.82) is 0 Å². The molecule has 0 aliphatic heterocycles. The van der Waals surface area contributed by atoms with Crippen molar-refractivity contribution in [3.8, 4) is 5.75 Å². The summed E-state index contributed by atoms with van der Waals surface area (Å²) in [5, 5.41) is 9.21. The molecule has 4 nitrogen and oxygen atoms in total. The number of aromatic hydroxyl groups is 1. The minimum atomic E-state index is -0.402. The Hall–Kier alpha value is -2.07. The standard InChI is InChI=1S/C17H21NO3/c1-3-14(9-13-7-5-4-6-8-13)18(2)11-15-10-16(19)17(20)12-21-15/h4-8,10,12,14,20H,3,9,11H2,1-2H3/t14-/m0/s1. The van der Waals surface area contributed by atoms with Crippen LogP contribution in [0.15, 0.2) is 51.9 Å². The van der Waals surface area contributed by atoms with Gasteiger partial charge in [0.1, 0.15) is 12.0 Å². The molecule has 1 heterocycles. The van der Waals surface area contributed by atoms with E-state index in [-0.39, 0.29) is 5.75 Å². The Balaban J connectivity index is 2.04. The van der Waals surface area contributed by atoms with Gasteiger partial charge in [-0.05, 0) is 25.5 Å². The highest BCUT2D eigenvalue weighted by molar-refractivity contribution is 5.17. The van der Waals surface area contributed by atoms with E-state index in [9.17, 15) is 9.90 Å². The second-order valence-corrected chi connectivity index (χ2v) is 5.26. The van der Waals surface area contributed by atoms with Gasteiger partial charge in [0.05, 0.1) is 6.54 Å². The second kappa shape index (κ2) is 7.09. The maximum absolute atomic E-state index is 11.4. The van der Waals surface area contributed by atoms with E-state index in [1.807, 2.05) is 25.2 Å². The monoisotopic (exact) mass is 287 g/mol. The maximum Gasteiger partial charge on any atom is 0.226 e. The Bertz CT molecular complexity index is 621. The first-order valence-corrected chi connectivity index (χ1v) is 7.15. The van der Waals surface area contributed by atoms with E-state index in [1.165, 1.54) is 11.6 Å². The van der Waals surface area contributed by atoms with Gasteiger partial charge in [0.2, 0.25) is 5.43 Å². The normalized spacial score (nSPS) is 12.5. The molecule has 0 radical (unpaired) electrons. The molecule has 1 aromatic carbocycles. The molecule has 1 aromatic heterocycles. The van der Waals surface area contributed by atoms with Crippen LogP contribution in [0, 0.1) is 0 Å². The lowest BCUT2D eigenvalue weighted by Gasteiger charge is -2.26. The molecule has 0 amide bonds. The third-order valence-corrected chi connectivity index (χ3v) is 3.68. The van der Waals surface area contributed by atoms with Crippen molar-refractivity contribution in [3.05, 3.63) is 64.2 Å². The van der Waals surface area contributed by atoms with Crippen LogP contribution in [-0.4, -0.2) is 23.1 Å². The fourth-order valence-electron chi connectivity index (χ4n) is 2.40. The van der Waals surface area contributed by atoms with Crippen LogP contribution in [0.5, 0.6) is 5.75 Å². The largest absolute Gasteiger partial charge is 0.502 e. The molecular weight excluding hydrogens is 266 g/mol. The zero-order chi connectivity index (χ0) is 15.2. The van der Waals surface area contributed by atoms with Crippen LogP contribution in [0.4, 0.5) is 0 Å². The van der Waals surface area contributed by atoms with Gasteiger partial charge in [-0.2, -0.15) is 0 Å². The van der Waals surface area contributed by atoms with E-state index in [2.05, 4.69) is 24.0 Å². The molecule has 2 rings (SSSR count). The summed E-state index contributed by atoms with van der Waals surface area (Å²) in [5.41, 5.74) is 0.893. The molecule has 0 spiro atoms. The van der Waals surface area contributed by atoms with Gasteiger partial charge in [-0.25, -0.2) is 0 Å². The van der Waals surface area contributed by atoms with Crippen LogP contribution >= 0.6 is 0 Å². The number of rotatable bonds is 6. The highest BCUT2D eigenvalue weighted by Crippen LogP contribution is 2.14. The van der Waals surface area contributed by atoms with Gasteiger partial charge >= 0.3 is 0 Å². The quantitative estimate of drug-likeness (QED) is 0.887. The summed E-state index contributed by atoms with van der Waals surface area (Å²) in [6, 6.07) is 12.1. The Labute approximate surface area is 124 Å². The van der Waals surface area contributed by atoms with E-state index in [0.29, 0.717) is 18.3 Å². The molecule has 21 heavy (non-hydrogen) atoms. The fourth-order valence-corrected chi connectivity index (χ4v) is 2.40. The van der Waals surface area contributed by atoms with E-state index in [4.69, 9.17) is 4.42 Å². The maximum atomic E-state index is 11.4. The SMILES string of the molecule is CC[C@@H](Cc1ccccc1)N(C)Cc1cc(=O)c(O)co1. The van der Waals surface area contributed by atoms with Crippen LogP contribution in [0.1, 0.15) is 24.7 Å². The first kappa shape index (κ1) is 15.3. The molecule has 0 bridgehead atoms. The average Bonchev–Trinajstić information content (AvgIpc) is 2.49. The lowest BCUT2D eigenvalue weighted by Crippen LogP contribution is -2.32. The van der Waals surface area contributed by atoms with Gasteiger partial charge in [0, 0.05) is 12.1 Å². The smallest absolute Gasteiger partial charge is 0.226 e. The summed E-state index contributed by atoms with van der Waals surface area (Å²) in [6.45, 7) is 2.69. The third-order valence-electron chi connectivity index (χ3n) is 3.68. The van der Waals surface area contributed by atoms with Crippen LogP contribution < -0.4 is 5.43 Å². The average molecular weight is 287 g/mol. The third kappa shape index (κ3) is 4.20. The van der Waals surface area contributed by atoms with Gasteiger partial charge in [0.15, 0.2) is 5.75 Å². The molecule has 0 saturated carbocycles. The van der Waals surface area contributed by atoms with Gasteiger partial charge in [-0.1, -0.05) is 37.3 Å². The molecule has 0 unspecified atom stereocenters. The van der Waals surface area contributed by atoms with Gasteiger partial charge in [0.25, 0.3) is 0 Å². The Morgan fingerprint density at radius 1 is 1.29 bits per heavy atom. The lowest BCUT2D eigenvalue weighted by molar-refractivity contribution is 0.206. The predicted molar refractivity (Wildman–Crippen MR) is 82.3 cm³/mol. The first-order chi connectivity index (χ1) is 10.1. The summed E-state index contributed by atoms with van der Waals surface area (Å²) in [5.74, 6) is 0.213. The molecular formula is C17H21NO3. The summed E-state index contributed by atoms with van der Waals surface area (Å²) in [7, 11) is 2.02. The van der Waals surface area contributed by atoms with Crippen LogP contribution in [0.25, 0.3) is 0 Å². The predicted octanol–water partition coefficient (Wildman–Crippen LogP) is 2.80. The molecule has 1 N–H and O–H groups in total. The van der Waals surface area contributed by atoms with Crippen molar-refractivity contribution in [1.82, 2.24) is 4.90 Å². The number of hydrogen-bond acceptors (Lipinski definition) is 4. The van der Waals surface area contributed by atoms with Gasteiger partial charge in [-0.3, -0.25) is 9.69 Å². The molecule has 0 fully saturated rings. The Kier molecular flexibility index (Phi) is 5.17. The Morgan fingerprint density at radius 2 is 2.00 bits per heavy atom. The highest BCUT2D eigenvalue weighted by atomic mass is 16.4. The van der Waals surface area contributed by atoms with Gasteiger partial charge < -0.3 is 9.52 Å². The molecule has 0 aliphatic carbocycles. The van der Waals surface area contributed by atoms with Crippen LogP contribution in [0.3, 0.4) is 0 Å². The van der Waals surface area contributed by atoms with Crippen molar-refractivity contribution in [2.24, 2.45) is 0 Å². The van der Waals surface area contributed by atoms with Crippen molar-refractivity contribution in [3.63, 3.8) is 0 Å². The fraction of sp³-hybridized carbons (Fsp3) is 0.353. The van der Waals surface area contributed by atoms with Crippen LogP contribution in [0.2, 0.25) is 0 Å². The van der Waals surface area contributed by atoms with E-state index < -0.39 is 5.43 Å². The minimum absolute atomic E-state index is 0.349. The zero-order valence-electron chi connectivity index (χ0n) is 12.5. The molecule has 112 valence electrons. The summed E-state index contributed by atoms with van der Waals surface area (Å²) >= 11 is 0. The molecule has 0 aliphatic rings. The minimum Gasteiger partial charge on any atom is -0.502 e. The Morgan fingerprint density at radius 3 is 2.62 bits per heavy atom. The molecule has 0 saturated heterocycles. The second-order valence-electron chi connectivity index (χ2n) is 5.26. The van der Waals surface area contributed by atoms with Gasteiger partial charge in [-0.15, -0.1) is 0 Å². The highest BCUT2D eigenvalue weighted by Gasteiger charge is 2.15. The van der Waals surface area contributed by atoms with Crippen LogP contribution in [-0.2, 0) is 13.0 Å². The first-order valence-electron chi connectivity index (χ1n) is 7.15. The van der Waals surface area contributed by atoms with Crippen molar-refractivity contribution in [2.45, 2.75) is 32.4 Å². The van der Waals surface area contributed by atoms with E-state index in [1.54, 1.807) is 0 Å². The zero-order valence-corrected chi connectivity index (χ0v) is 12.5. The summed E-state index contributed by atoms with van der Waals surface area (Å²) in [4.78, 5) is 13.6. The van der Waals surface area contributed by atoms with E-state index in [0.717, 1.165) is 19.1 Å². The lowest BCUT2D eigenvalue weighted by atomic mass is 10.0. The number of hydrogen-bond donors (Lipinski definition) is 1. The topological polar surface area (TPSA) is 53.7 Å². The molecule has 1 atom stereocenters. The number of likely N-dealkylation sites (N-methyl/N-ethyl adjacent to an activating group) is 1.